The van der Waals surface area contributed by atoms with Crippen LogP contribution >= 0.6 is 0 Å². The van der Waals surface area contributed by atoms with Crippen molar-refractivity contribution in [3.8, 4) is 11.3 Å². The number of rotatable bonds is 2. The zero-order valence-electron chi connectivity index (χ0n) is 9.90. The van der Waals surface area contributed by atoms with E-state index in [-0.39, 0.29) is 0 Å². The fourth-order valence-corrected chi connectivity index (χ4v) is 2.36. The van der Waals surface area contributed by atoms with Gasteiger partial charge in [0.05, 0.1) is 11.7 Å². The molecule has 0 spiro atoms. The lowest BCUT2D eigenvalue weighted by Crippen LogP contribution is -2.14. The summed E-state index contributed by atoms with van der Waals surface area (Å²) in [6.45, 7) is 3.16. The number of aromatic amines is 1. The van der Waals surface area contributed by atoms with Crippen molar-refractivity contribution in [2.75, 3.05) is 6.54 Å². The number of hydrogen-bond acceptors (Lipinski definition) is 3. The maximum atomic E-state index is 4.72. The van der Waals surface area contributed by atoms with Crippen molar-refractivity contribution in [1.29, 1.82) is 0 Å². The van der Waals surface area contributed by atoms with Gasteiger partial charge >= 0.3 is 0 Å². The summed E-state index contributed by atoms with van der Waals surface area (Å²) in [5.74, 6) is 1.06. The second-order valence-electron chi connectivity index (χ2n) is 4.48. The van der Waals surface area contributed by atoms with Crippen LogP contribution < -0.4 is 5.32 Å². The zero-order chi connectivity index (χ0) is 11.7. The maximum Gasteiger partial charge on any atom is 0.124 e. The number of H-pyrrole nitrogens is 1. The molecule has 4 heteroatoms. The quantitative estimate of drug-likeness (QED) is 0.828. The van der Waals surface area contributed by atoms with Crippen molar-refractivity contribution in [2.24, 2.45) is 0 Å². The molecule has 4 nitrogen and oxygen atoms in total. The highest BCUT2D eigenvalue weighted by atomic mass is 15.0. The average Bonchev–Trinajstić information content (AvgIpc) is 2.99. The Hall–Kier alpha value is -1.68. The van der Waals surface area contributed by atoms with Gasteiger partial charge in [0.1, 0.15) is 5.82 Å². The van der Waals surface area contributed by atoms with Crippen LogP contribution in [0.2, 0.25) is 0 Å². The molecule has 1 unspecified atom stereocenters. The summed E-state index contributed by atoms with van der Waals surface area (Å²) in [6.07, 6.45) is 6.01. The van der Waals surface area contributed by atoms with Crippen molar-refractivity contribution in [3.05, 3.63) is 36.0 Å². The first kappa shape index (κ1) is 10.5. The standard InChI is InChI=1S/C13H16N4/c1-9-12(10-4-7-14-8-5-10)17-13(16-9)11-3-2-6-15-11/h4-5,7-8,11,15H,2-3,6H2,1H3,(H,16,17). The Kier molecular flexibility index (Phi) is 2.65. The van der Waals surface area contributed by atoms with Gasteiger partial charge in [0.2, 0.25) is 0 Å². The minimum Gasteiger partial charge on any atom is -0.344 e. The van der Waals surface area contributed by atoms with E-state index in [9.17, 15) is 0 Å². The third kappa shape index (κ3) is 1.96. The first-order valence-corrected chi connectivity index (χ1v) is 6.05. The molecule has 0 bridgehead atoms. The van der Waals surface area contributed by atoms with E-state index in [1.54, 1.807) is 12.4 Å². The molecule has 1 saturated heterocycles. The molecular weight excluding hydrogens is 212 g/mol. The van der Waals surface area contributed by atoms with E-state index in [1.807, 2.05) is 12.1 Å². The summed E-state index contributed by atoms with van der Waals surface area (Å²) in [5, 5.41) is 3.46. The Morgan fingerprint density at radius 3 is 2.82 bits per heavy atom. The van der Waals surface area contributed by atoms with Crippen LogP contribution in [0.25, 0.3) is 11.3 Å². The summed E-state index contributed by atoms with van der Waals surface area (Å²) >= 11 is 0. The first-order valence-electron chi connectivity index (χ1n) is 6.05. The normalized spacial score (nSPS) is 19.7. The highest BCUT2D eigenvalue weighted by molar-refractivity contribution is 5.61. The molecule has 88 valence electrons. The van der Waals surface area contributed by atoms with Gasteiger partial charge in [0.25, 0.3) is 0 Å². The fourth-order valence-electron chi connectivity index (χ4n) is 2.36. The number of aromatic nitrogens is 3. The maximum absolute atomic E-state index is 4.72. The minimum absolute atomic E-state index is 0.393. The molecule has 1 aliphatic heterocycles. The van der Waals surface area contributed by atoms with Crippen LogP contribution in [0.5, 0.6) is 0 Å². The van der Waals surface area contributed by atoms with E-state index in [1.165, 1.54) is 12.8 Å². The molecule has 1 aliphatic rings. The highest BCUT2D eigenvalue weighted by Crippen LogP contribution is 2.26. The molecule has 1 atom stereocenters. The second kappa shape index (κ2) is 4.30. The van der Waals surface area contributed by atoms with Crippen molar-refractivity contribution < 1.29 is 0 Å². The lowest BCUT2D eigenvalue weighted by molar-refractivity contribution is 0.612. The number of imidazole rings is 1. The number of hydrogen-bond donors (Lipinski definition) is 2. The van der Waals surface area contributed by atoms with E-state index < -0.39 is 0 Å². The largest absolute Gasteiger partial charge is 0.344 e. The molecular formula is C13H16N4. The third-order valence-electron chi connectivity index (χ3n) is 3.25. The summed E-state index contributed by atoms with van der Waals surface area (Å²) < 4.78 is 0. The van der Waals surface area contributed by atoms with Gasteiger partial charge in [-0.15, -0.1) is 0 Å². The summed E-state index contributed by atoms with van der Waals surface area (Å²) in [6, 6.07) is 4.38. The SMILES string of the molecule is Cc1[nH]c(C2CCCN2)nc1-c1ccncc1. The molecule has 2 N–H and O–H groups in total. The monoisotopic (exact) mass is 228 g/mol. The predicted octanol–water partition coefficient (Wildman–Crippen LogP) is 2.20. The van der Waals surface area contributed by atoms with Crippen molar-refractivity contribution in [1.82, 2.24) is 20.3 Å². The molecule has 0 radical (unpaired) electrons. The Morgan fingerprint density at radius 1 is 1.29 bits per heavy atom. The molecule has 17 heavy (non-hydrogen) atoms. The number of pyridine rings is 1. The van der Waals surface area contributed by atoms with Gasteiger partial charge in [-0.05, 0) is 38.4 Å². The van der Waals surface area contributed by atoms with Gasteiger partial charge in [-0.3, -0.25) is 4.98 Å². The molecule has 3 rings (SSSR count). The molecule has 1 fully saturated rings. The summed E-state index contributed by atoms with van der Waals surface area (Å²) in [5.41, 5.74) is 3.29. The molecule has 2 aromatic heterocycles. The topological polar surface area (TPSA) is 53.6 Å². The van der Waals surface area contributed by atoms with E-state index in [4.69, 9.17) is 4.98 Å². The summed E-state index contributed by atoms with van der Waals surface area (Å²) in [4.78, 5) is 12.1. The van der Waals surface area contributed by atoms with Gasteiger partial charge in [0, 0.05) is 23.7 Å². The van der Waals surface area contributed by atoms with E-state index in [2.05, 4.69) is 22.2 Å². The smallest absolute Gasteiger partial charge is 0.124 e. The second-order valence-corrected chi connectivity index (χ2v) is 4.48. The van der Waals surface area contributed by atoms with E-state index >= 15 is 0 Å². The molecule has 0 aromatic carbocycles. The Balaban J connectivity index is 1.96. The minimum atomic E-state index is 0.393. The van der Waals surface area contributed by atoms with E-state index in [0.717, 1.165) is 29.3 Å². The Labute approximate surface area is 101 Å². The van der Waals surface area contributed by atoms with Crippen molar-refractivity contribution in [3.63, 3.8) is 0 Å². The van der Waals surface area contributed by atoms with Crippen molar-refractivity contribution >= 4 is 0 Å². The van der Waals surface area contributed by atoms with E-state index in [0.29, 0.717) is 6.04 Å². The predicted molar refractivity (Wildman–Crippen MR) is 66.5 cm³/mol. The Morgan fingerprint density at radius 2 is 2.12 bits per heavy atom. The third-order valence-corrected chi connectivity index (χ3v) is 3.25. The molecule has 0 amide bonds. The van der Waals surface area contributed by atoms with Crippen molar-refractivity contribution in [2.45, 2.75) is 25.8 Å². The summed E-state index contributed by atoms with van der Waals surface area (Å²) in [7, 11) is 0. The highest BCUT2D eigenvalue weighted by Gasteiger charge is 2.20. The number of nitrogens with one attached hydrogen (secondary N) is 2. The van der Waals surface area contributed by atoms with Crippen LogP contribution in [0.1, 0.15) is 30.4 Å². The van der Waals surface area contributed by atoms with Crippen LogP contribution in [0.4, 0.5) is 0 Å². The zero-order valence-corrected chi connectivity index (χ0v) is 9.90. The van der Waals surface area contributed by atoms with Gasteiger partial charge in [-0.1, -0.05) is 0 Å². The number of nitrogens with zero attached hydrogens (tertiary/aromatic N) is 2. The van der Waals surface area contributed by atoms with Gasteiger partial charge in [-0.25, -0.2) is 4.98 Å². The fraction of sp³-hybridized carbons (Fsp3) is 0.385. The molecule has 3 heterocycles. The van der Waals surface area contributed by atoms with Crippen LogP contribution in [0.15, 0.2) is 24.5 Å². The lowest BCUT2D eigenvalue weighted by atomic mass is 10.2. The van der Waals surface area contributed by atoms with Crippen LogP contribution in [0, 0.1) is 6.92 Å². The van der Waals surface area contributed by atoms with Gasteiger partial charge in [0.15, 0.2) is 0 Å². The first-order chi connectivity index (χ1) is 8.34. The Bertz CT molecular complexity index is 497. The van der Waals surface area contributed by atoms with Crippen LogP contribution in [-0.2, 0) is 0 Å². The van der Waals surface area contributed by atoms with Gasteiger partial charge in [-0.2, -0.15) is 0 Å². The number of aryl methyl sites for hydroxylation is 1. The van der Waals surface area contributed by atoms with Gasteiger partial charge < -0.3 is 10.3 Å². The van der Waals surface area contributed by atoms with Crippen LogP contribution in [0.3, 0.4) is 0 Å². The lowest BCUT2D eigenvalue weighted by Gasteiger charge is -2.04. The molecule has 0 saturated carbocycles. The van der Waals surface area contributed by atoms with Crippen LogP contribution in [-0.4, -0.2) is 21.5 Å². The average molecular weight is 228 g/mol. The molecule has 0 aliphatic carbocycles. The molecule has 2 aromatic rings.